The maximum Gasteiger partial charge on any atom is 0.223 e. The van der Waals surface area contributed by atoms with E-state index in [9.17, 15) is 4.79 Å². The lowest BCUT2D eigenvalue weighted by atomic mass is 10.2. The van der Waals surface area contributed by atoms with Gasteiger partial charge in [0.2, 0.25) is 5.91 Å². The molecule has 1 N–H and O–H groups in total. The van der Waals surface area contributed by atoms with E-state index in [1.807, 2.05) is 6.07 Å². The summed E-state index contributed by atoms with van der Waals surface area (Å²) in [5, 5.41) is 11.4. The van der Waals surface area contributed by atoms with Crippen LogP contribution in [0.2, 0.25) is 0 Å². The Morgan fingerprint density at radius 3 is 2.67 bits per heavy atom. The lowest BCUT2D eigenvalue weighted by molar-refractivity contribution is -0.124. The van der Waals surface area contributed by atoms with Crippen molar-refractivity contribution in [2.75, 3.05) is 13.2 Å². The fourth-order valence-electron chi connectivity index (χ4n) is 0.897. The first-order valence-corrected chi connectivity index (χ1v) is 5.39. The fourth-order valence-corrected chi connectivity index (χ4v) is 0.897. The third kappa shape index (κ3) is 6.92. The molecule has 0 aromatic rings. The summed E-state index contributed by atoms with van der Waals surface area (Å²) in [5.74, 6) is -0.211. The molecule has 1 amide bonds. The van der Waals surface area contributed by atoms with Crippen LogP contribution in [0, 0.1) is 17.2 Å². The molecular weight excluding hydrogens is 192 g/mol. The van der Waals surface area contributed by atoms with Crippen LogP contribution in [0.3, 0.4) is 0 Å². The van der Waals surface area contributed by atoms with Crippen molar-refractivity contribution < 1.29 is 9.53 Å². The normalized spacial score (nSPS) is 12.2. The van der Waals surface area contributed by atoms with Gasteiger partial charge in [0.25, 0.3) is 0 Å². The van der Waals surface area contributed by atoms with E-state index in [1.165, 1.54) is 0 Å². The van der Waals surface area contributed by atoms with Crippen molar-refractivity contribution in [3.05, 3.63) is 0 Å². The van der Waals surface area contributed by atoms with Crippen molar-refractivity contribution >= 4 is 5.91 Å². The minimum absolute atomic E-state index is 0.100. The molecule has 0 aromatic heterocycles. The number of carbonyl (C=O) groups is 1. The zero-order valence-electron chi connectivity index (χ0n) is 9.75. The van der Waals surface area contributed by atoms with Gasteiger partial charge >= 0.3 is 0 Å². The first kappa shape index (κ1) is 13.9. The third-order valence-corrected chi connectivity index (χ3v) is 1.92. The first-order valence-electron chi connectivity index (χ1n) is 5.39. The fraction of sp³-hybridized carbons (Fsp3) is 0.818. The molecule has 0 aliphatic carbocycles. The molecule has 1 unspecified atom stereocenters. The van der Waals surface area contributed by atoms with E-state index in [0.717, 1.165) is 12.8 Å². The van der Waals surface area contributed by atoms with E-state index in [2.05, 4.69) is 12.2 Å². The molecule has 0 rings (SSSR count). The quantitative estimate of drug-likeness (QED) is 0.650. The lowest BCUT2D eigenvalue weighted by Crippen LogP contribution is -2.39. The molecule has 0 aromatic carbocycles. The van der Waals surface area contributed by atoms with Crippen LogP contribution >= 0.6 is 0 Å². The monoisotopic (exact) mass is 212 g/mol. The van der Waals surface area contributed by atoms with Gasteiger partial charge in [-0.15, -0.1) is 0 Å². The van der Waals surface area contributed by atoms with Crippen LogP contribution in [-0.4, -0.2) is 25.2 Å². The van der Waals surface area contributed by atoms with E-state index < -0.39 is 6.04 Å². The summed E-state index contributed by atoms with van der Waals surface area (Å²) < 4.78 is 5.27. The molecular formula is C11H20N2O2. The SMILES string of the molecule is CCCCOCC(C#N)NC(=O)C(C)C. The summed E-state index contributed by atoms with van der Waals surface area (Å²) in [5.41, 5.74) is 0. The van der Waals surface area contributed by atoms with E-state index in [0.29, 0.717) is 6.61 Å². The lowest BCUT2D eigenvalue weighted by Gasteiger charge is -2.13. The molecule has 0 spiro atoms. The van der Waals surface area contributed by atoms with Crippen LogP contribution < -0.4 is 5.32 Å². The van der Waals surface area contributed by atoms with Crippen molar-refractivity contribution in [1.29, 1.82) is 5.26 Å². The highest BCUT2D eigenvalue weighted by Gasteiger charge is 2.13. The van der Waals surface area contributed by atoms with Crippen molar-refractivity contribution in [3.8, 4) is 6.07 Å². The van der Waals surface area contributed by atoms with Crippen molar-refractivity contribution in [2.45, 2.75) is 39.7 Å². The van der Waals surface area contributed by atoms with Crippen LogP contribution in [0.25, 0.3) is 0 Å². The van der Waals surface area contributed by atoms with Gasteiger partial charge in [-0.1, -0.05) is 27.2 Å². The number of hydrogen-bond acceptors (Lipinski definition) is 3. The molecule has 0 aliphatic rings. The molecule has 0 heterocycles. The maximum absolute atomic E-state index is 11.3. The Balaban J connectivity index is 3.74. The zero-order valence-corrected chi connectivity index (χ0v) is 9.75. The third-order valence-electron chi connectivity index (χ3n) is 1.92. The number of nitrogens with zero attached hydrogens (tertiary/aromatic N) is 1. The van der Waals surface area contributed by atoms with E-state index in [1.54, 1.807) is 13.8 Å². The minimum atomic E-state index is -0.531. The molecule has 15 heavy (non-hydrogen) atoms. The number of carbonyl (C=O) groups excluding carboxylic acids is 1. The molecule has 4 heteroatoms. The minimum Gasteiger partial charge on any atom is -0.378 e. The molecule has 0 radical (unpaired) electrons. The van der Waals surface area contributed by atoms with Gasteiger partial charge in [-0.2, -0.15) is 5.26 Å². The first-order chi connectivity index (χ1) is 7.11. The summed E-state index contributed by atoms with van der Waals surface area (Å²) >= 11 is 0. The van der Waals surface area contributed by atoms with Crippen LogP contribution in [0.15, 0.2) is 0 Å². The summed E-state index contributed by atoms with van der Waals surface area (Å²) in [6.07, 6.45) is 2.05. The Hall–Kier alpha value is -1.08. The highest BCUT2D eigenvalue weighted by molar-refractivity contribution is 5.78. The number of ether oxygens (including phenoxy) is 1. The summed E-state index contributed by atoms with van der Waals surface area (Å²) in [4.78, 5) is 11.3. The van der Waals surface area contributed by atoms with Gasteiger partial charge < -0.3 is 10.1 Å². The molecule has 0 aliphatic heterocycles. The zero-order chi connectivity index (χ0) is 11.7. The second-order valence-electron chi connectivity index (χ2n) is 3.77. The van der Waals surface area contributed by atoms with Gasteiger partial charge in [0, 0.05) is 12.5 Å². The predicted molar refractivity (Wildman–Crippen MR) is 58.1 cm³/mol. The van der Waals surface area contributed by atoms with E-state index in [-0.39, 0.29) is 18.4 Å². The van der Waals surface area contributed by atoms with Gasteiger partial charge in [0.05, 0.1) is 12.7 Å². The highest BCUT2D eigenvalue weighted by atomic mass is 16.5. The average Bonchev–Trinajstić information content (AvgIpc) is 2.22. The highest BCUT2D eigenvalue weighted by Crippen LogP contribution is 1.94. The van der Waals surface area contributed by atoms with Crippen molar-refractivity contribution in [3.63, 3.8) is 0 Å². The van der Waals surface area contributed by atoms with E-state index in [4.69, 9.17) is 10.00 Å². The Labute approximate surface area is 91.6 Å². The average molecular weight is 212 g/mol. The molecule has 4 nitrogen and oxygen atoms in total. The van der Waals surface area contributed by atoms with Crippen LogP contribution in [0.5, 0.6) is 0 Å². The number of rotatable bonds is 7. The van der Waals surface area contributed by atoms with Gasteiger partial charge in [-0.25, -0.2) is 0 Å². The number of hydrogen-bond donors (Lipinski definition) is 1. The molecule has 0 saturated heterocycles. The molecule has 1 atom stereocenters. The standard InChI is InChI=1S/C11H20N2O2/c1-4-5-6-15-8-10(7-12)13-11(14)9(2)3/h9-10H,4-6,8H2,1-3H3,(H,13,14). The molecule has 0 fully saturated rings. The van der Waals surface area contributed by atoms with Crippen LogP contribution in [-0.2, 0) is 9.53 Å². The molecule has 86 valence electrons. The maximum atomic E-state index is 11.3. The molecule has 0 bridgehead atoms. The smallest absolute Gasteiger partial charge is 0.223 e. The van der Waals surface area contributed by atoms with Crippen molar-refractivity contribution in [2.24, 2.45) is 5.92 Å². The Morgan fingerprint density at radius 1 is 1.53 bits per heavy atom. The largest absolute Gasteiger partial charge is 0.378 e. The van der Waals surface area contributed by atoms with Crippen LogP contribution in [0.1, 0.15) is 33.6 Å². The Morgan fingerprint density at radius 2 is 2.20 bits per heavy atom. The summed E-state index contributed by atoms with van der Waals surface area (Å²) in [6, 6.07) is 1.48. The van der Waals surface area contributed by atoms with E-state index >= 15 is 0 Å². The van der Waals surface area contributed by atoms with Gasteiger partial charge in [-0.05, 0) is 6.42 Å². The van der Waals surface area contributed by atoms with Gasteiger partial charge in [0.1, 0.15) is 6.04 Å². The summed E-state index contributed by atoms with van der Waals surface area (Å²) in [6.45, 7) is 6.58. The topological polar surface area (TPSA) is 62.1 Å². The number of nitrogens with one attached hydrogen (secondary N) is 1. The summed E-state index contributed by atoms with van der Waals surface area (Å²) in [7, 11) is 0. The second-order valence-corrected chi connectivity index (χ2v) is 3.77. The number of unbranched alkanes of at least 4 members (excludes halogenated alkanes) is 1. The van der Waals surface area contributed by atoms with Gasteiger partial charge in [0.15, 0.2) is 0 Å². The predicted octanol–water partition coefficient (Wildman–Crippen LogP) is 1.47. The molecule has 0 saturated carbocycles. The Bertz CT molecular complexity index is 221. The number of nitriles is 1. The number of amides is 1. The van der Waals surface area contributed by atoms with Crippen molar-refractivity contribution in [1.82, 2.24) is 5.32 Å². The van der Waals surface area contributed by atoms with Gasteiger partial charge in [-0.3, -0.25) is 4.79 Å². The second kappa shape index (κ2) is 8.25. The van der Waals surface area contributed by atoms with Crippen LogP contribution in [0.4, 0.5) is 0 Å². The Kier molecular flexibility index (Phi) is 7.65.